The summed E-state index contributed by atoms with van der Waals surface area (Å²) < 4.78 is 10.1. The third kappa shape index (κ3) is 2.11. The minimum Gasteiger partial charge on any atom is -0.515 e. The molecule has 0 radical (unpaired) electrons. The fourth-order valence-electron chi connectivity index (χ4n) is 2.21. The van der Waals surface area contributed by atoms with Crippen molar-refractivity contribution >= 4 is 7.32 Å². The predicted molar refractivity (Wildman–Crippen MR) is 51.1 cm³/mol. The zero-order chi connectivity index (χ0) is 9.97. The van der Waals surface area contributed by atoms with E-state index < -0.39 is 7.32 Å². The quantitative estimate of drug-likeness (QED) is 0.629. The molecule has 0 saturated heterocycles. The molecule has 0 aromatic heterocycles. The first-order valence-corrected chi connectivity index (χ1v) is 5.07. The van der Waals surface area contributed by atoms with Gasteiger partial charge < -0.3 is 19.4 Å². The van der Waals surface area contributed by atoms with Crippen LogP contribution in [0.4, 0.5) is 0 Å². The summed E-state index contributed by atoms with van der Waals surface area (Å²) in [6.45, 7) is 0.00214. The standard InChI is InChI=1S/C9H15BO4/c11-3-4-13-10(12)14-9-6-7-1-2-8(9)5-7/h7,11-12H,1-6H2. The van der Waals surface area contributed by atoms with Crippen molar-refractivity contribution in [2.24, 2.45) is 5.92 Å². The molecule has 1 fully saturated rings. The van der Waals surface area contributed by atoms with Crippen molar-refractivity contribution in [1.82, 2.24) is 0 Å². The molecule has 2 rings (SSSR count). The molecule has 1 atom stereocenters. The molecule has 5 heteroatoms. The lowest BCUT2D eigenvalue weighted by Gasteiger charge is -2.15. The highest BCUT2D eigenvalue weighted by molar-refractivity contribution is 6.35. The minimum absolute atomic E-state index is 0.102. The first-order valence-electron chi connectivity index (χ1n) is 5.07. The number of rotatable bonds is 5. The fourth-order valence-corrected chi connectivity index (χ4v) is 2.21. The van der Waals surface area contributed by atoms with E-state index in [1.165, 1.54) is 12.0 Å². The Kier molecular flexibility index (Phi) is 3.10. The van der Waals surface area contributed by atoms with E-state index in [1.807, 2.05) is 0 Å². The summed E-state index contributed by atoms with van der Waals surface area (Å²) in [7, 11) is -1.22. The maximum absolute atomic E-state index is 9.28. The molecule has 0 aromatic carbocycles. The Morgan fingerprint density at radius 2 is 2.29 bits per heavy atom. The summed E-state index contributed by atoms with van der Waals surface area (Å²) >= 11 is 0. The van der Waals surface area contributed by atoms with E-state index in [2.05, 4.69) is 0 Å². The second-order valence-electron chi connectivity index (χ2n) is 3.86. The number of hydrogen-bond acceptors (Lipinski definition) is 4. The molecular weight excluding hydrogens is 183 g/mol. The maximum Gasteiger partial charge on any atom is 0.710 e. The van der Waals surface area contributed by atoms with Crippen molar-refractivity contribution in [3.8, 4) is 0 Å². The summed E-state index contributed by atoms with van der Waals surface area (Å²) in [5.41, 5.74) is 1.33. The molecule has 0 aromatic rings. The summed E-state index contributed by atoms with van der Waals surface area (Å²) in [6.07, 6.45) is 4.43. The Labute approximate surface area is 83.7 Å². The van der Waals surface area contributed by atoms with Gasteiger partial charge in [-0.3, -0.25) is 0 Å². The normalized spacial score (nSPS) is 24.6. The molecule has 14 heavy (non-hydrogen) atoms. The lowest BCUT2D eigenvalue weighted by atomic mass is 10.0. The second kappa shape index (κ2) is 4.34. The predicted octanol–water partition coefficient (Wildman–Crippen LogP) is 0.447. The third-order valence-corrected chi connectivity index (χ3v) is 2.85. The van der Waals surface area contributed by atoms with Crippen LogP contribution in [0.2, 0.25) is 0 Å². The zero-order valence-electron chi connectivity index (χ0n) is 8.11. The minimum atomic E-state index is -1.22. The van der Waals surface area contributed by atoms with E-state index in [4.69, 9.17) is 14.4 Å². The van der Waals surface area contributed by atoms with Crippen molar-refractivity contribution < 1.29 is 19.4 Å². The van der Waals surface area contributed by atoms with Gasteiger partial charge in [0, 0.05) is 6.42 Å². The summed E-state index contributed by atoms with van der Waals surface area (Å²) in [4.78, 5) is 0. The topological polar surface area (TPSA) is 58.9 Å². The molecule has 0 aliphatic heterocycles. The molecule has 2 bridgehead atoms. The molecule has 0 spiro atoms. The molecule has 2 aliphatic rings. The van der Waals surface area contributed by atoms with Crippen LogP contribution in [0.5, 0.6) is 0 Å². The van der Waals surface area contributed by atoms with E-state index in [1.54, 1.807) is 0 Å². The lowest BCUT2D eigenvalue weighted by molar-refractivity contribution is 0.125. The SMILES string of the molecule is OCCOB(O)OC1=C2CCC(C2)C1. The summed E-state index contributed by atoms with van der Waals surface area (Å²) in [5, 5.41) is 17.8. The van der Waals surface area contributed by atoms with Gasteiger partial charge in [-0.15, -0.1) is 0 Å². The number of aliphatic hydroxyl groups excluding tert-OH is 1. The number of allylic oxidation sites excluding steroid dienone is 2. The lowest BCUT2D eigenvalue weighted by Crippen LogP contribution is -2.24. The first-order chi connectivity index (χ1) is 6.79. The van der Waals surface area contributed by atoms with Crippen LogP contribution in [0.3, 0.4) is 0 Å². The van der Waals surface area contributed by atoms with Crippen LogP contribution in [0, 0.1) is 5.92 Å². The van der Waals surface area contributed by atoms with E-state index in [9.17, 15) is 5.02 Å². The largest absolute Gasteiger partial charge is 0.710 e. The molecule has 1 saturated carbocycles. The van der Waals surface area contributed by atoms with Crippen molar-refractivity contribution in [2.75, 3.05) is 13.2 Å². The molecular formula is C9H15BO4. The van der Waals surface area contributed by atoms with Crippen LogP contribution in [0.25, 0.3) is 0 Å². The van der Waals surface area contributed by atoms with Gasteiger partial charge in [-0.1, -0.05) is 0 Å². The zero-order valence-corrected chi connectivity index (χ0v) is 8.11. The van der Waals surface area contributed by atoms with Crippen LogP contribution < -0.4 is 0 Å². The first kappa shape index (κ1) is 10.0. The average Bonchev–Trinajstić information content (AvgIpc) is 2.76. The average molecular weight is 198 g/mol. The maximum atomic E-state index is 9.28. The van der Waals surface area contributed by atoms with E-state index in [-0.39, 0.29) is 13.2 Å². The molecule has 2 N–H and O–H groups in total. The summed E-state index contributed by atoms with van der Waals surface area (Å²) in [5.74, 6) is 1.64. The van der Waals surface area contributed by atoms with Crippen molar-refractivity contribution in [2.45, 2.75) is 25.7 Å². The Morgan fingerprint density at radius 1 is 1.43 bits per heavy atom. The van der Waals surface area contributed by atoms with Crippen LogP contribution in [-0.4, -0.2) is 30.7 Å². The number of aliphatic hydroxyl groups is 1. The van der Waals surface area contributed by atoms with Gasteiger partial charge in [0.25, 0.3) is 0 Å². The molecule has 0 heterocycles. The van der Waals surface area contributed by atoms with Gasteiger partial charge in [0.05, 0.1) is 19.0 Å². The van der Waals surface area contributed by atoms with Gasteiger partial charge >= 0.3 is 7.32 Å². The third-order valence-electron chi connectivity index (χ3n) is 2.85. The molecule has 0 amide bonds. The molecule has 1 unspecified atom stereocenters. The summed E-state index contributed by atoms with van der Waals surface area (Å²) in [6, 6.07) is 0. The van der Waals surface area contributed by atoms with Crippen molar-refractivity contribution in [3.63, 3.8) is 0 Å². The monoisotopic (exact) mass is 198 g/mol. The fraction of sp³-hybridized carbons (Fsp3) is 0.778. The van der Waals surface area contributed by atoms with Crippen molar-refractivity contribution in [3.05, 3.63) is 11.3 Å². The van der Waals surface area contributed by atoms with Crippen LogP contribution in [-0.2, 0) is 9.31 Å². The van der Waals surface area contributed by atoms with Gasteiger partial charge in [0.15, 0.2) is 0 Å². The van der Waals surface area contributed by atoms with Crippen LogP contribution in [0.15, 0.2) is 11.3 Å². The van der Waals surface area contributed by atoms with E-state index >= 15 is 0 Å². The highest BCUT2D eigenvalue weighted by Gasteiger charge is 2.33. The number of fused-ring (bicyclic) bond motifs is 2. The van der Waals surface area contributed by atoms with Gasteiger partial charge in [-0.05, 0) is 30.8 Å². The van der Waals surface area contributed by atoms with Gasteiger partial charge in [-0.2, -0.15) is 0 Å². The highest BCUT2D eigenvalue weighted by Crippen LogP contribution is 2.44. The van der Waals surface area contributed by atoms with Gasteiger partial charge in [0.1, 0.15) is 0 Å². The molecule has 2 aliphatic carbocycles. The molecule has 78 valence electrons. The second-order valence-corrected chi connectivity index (χ2v) is 3.86. The highest BCUT2D eigenvalue weighted by atomic mass is 16.7. The van der Waals surface area contributed by atoms with Gasteiger partial charge in [0.2, 0.25) is 0 Å². The van der Waals surface area contributed by atoms with Crippen molar-refractivity contribution in [1.29, 1.82) is 0 Å². The Morgan fingerprint density at radius 3 is 2.86 bits per heavy atom. The van der Waals surface area contributed by atoms with Crippen LogP contribution >= 0.6 is 0 Å². The van der Waals surface area contributed by atoms with Gasteiger partial charge in [-0.25, -0.2) is 0 Å². The smallest absolute Gasteiger partial charge is 0.515 e. The Hall–Kier alpha value is -0.515. The van der Waals surface area contributed by atoms with Crippen LogP contribution in [0.1, 0.15) is 25.7 Å². The Balaban J connectivity index is 1.80. The Bertz CT molecular complexity index is 241. The molecule has 4 nitrogen and oxygen atoms in total. The number of hydrogen-bond donors (Lipinski definition) is 2. The van der Waals surface area contributed by atoms with E-state index in [0.29, 0.717) is 0 Å². The van der Waals surface area contributed by atoms with E-state index in [0.717, 1.165) is 30.9 Å².